The van der Waals surface area contributed by atoms with Crippen LogP contribution >= 0.6 is 23.2 Å². The lowest BCUT2D eigenvalue weighted by Crippen LogP contribution is -2.66. The molecule has 2 fully saturated rings. The Kier molecular flexibility index (Phi) is 16.1. The van der Waals surface area contributed by atoms with E-state index < -0.39 is 71.5 Å². The van der Waals surface area contributed by atoms with E-state index >= 15 is 0 Å². The fourth-order valence-electron chi connectivity index (χ4n) is 8.17. The summed E-state index contributed by atoms with van der Waals surface area (Å²) in [5, 5.41) is 3.31. The molecule has 0 aliphatic carbocycles. The van der Waals surface area contributed by atoms with E-state index in [1.807, 2.05) is 13.8 Å². The molecule has 2 aliphatic rings. The van der Waals surface area contributed by atoms with E-state index in [4.69, 9.17) is 34.7 Å². The van der Waals surface area contributed by atoms with Crippen LogP contribution in [0, 0.1) is 11.6 Å². The molecule has 2 aliphatic heterocycles. The van der Waals surface area contributed by atoms with Crippen molar-refractivity contribution in [3.63, 3.8) is 0 Å². The molecule has 2 heterocycles. The molecule has 5 amide bonds. The van der Waals surface area contributed by atoms with Crippen LogP contribution < -0.4 is 11.5 Å². The Hall–Kier alpha value is -4.63. The molecule has 12 nitrogen and oxygen atoms in total. The first-order valence-electron chi connectivity index (χ1n) is 20.6. The van der Waals surface area contributed by atoms with Crippen LogP contribution in [0.4, 0.5) is 8.78 Å². The third-order valence-corrected chi connectivity index (χ3v) is 11.9. The quantitative estimate of drug-likeness (QED) is 0.188. The zero-order valence-electron chi connectivity index (χ0n) is 34.5. The highest BCUT2D eigenvalue weighted by molar-refractivity contribution is 6.42. The van der Waals surface area contributed by atoms with Crippen LogP contribution in [0.2, 0.25) is 10.0 Å². The number of rotatable bonds is 16. The molecule has 0 radical (unpaired) electrons. The van der Waals surface area contributed by atoms with E-state index in [0.717, 1.165) is 0 Å². The second-order valence-corrected chi connectivity index (χ2v) is 16.6. The van der Waals surface area contributed by atoms with Gasteiger partial charge in [0.25, 0.3) is 5.91 Å². The Morgan fingerprint density at radius 3 is 1.67 bits per heavy atom. The highest BCUT2D eigenvalue weighted by Crippen LogP contribution is 2.34. The lowest BCUT2D eigenvalue weighted by Gasteiger charge is -2.48. The fraction of sp³-hybridized carbons (Fsp3) is 0.477. The average Bonchev–Trinajstić information content (AvgIpc) is 3.21. The van der Waals surface area contributed by atoms with Crippen LogP contribution in [0.1, 0.15) is 82.5 Å². The van der Waals surface area contributed by atoms with E-state index in [9.17, 15) is 32.8 Å². The number of carbonyl (C=O) groups excluding carboxylic acids is 5. The molecule has 3 aromatic carbocycles. The molecule has 16 heteroatoms. The normalized spacial score (nSPS) is 18.8. The van der Waals surface area contributed by atoms with Gasteiger partial charge in [-0.05, 0) is 92.6 Å². The largest absolute Gasteiger partial charge is 0.332 e. The SMILES string of the molecule is CCC[C@H]1C(=O)N([C@@H](CC(=O)N(C(C)C)N2CCN(C(=O)C(N)Cc3ccc(F)cc3)[C@@H](CCC)C2=O)c2ccc(Cl)c(Cl)c2)CCN1C(=O)C(N)Cc1ccc(F)cc1. The Balaban J connectivity index is 1.39. The van der Waals surface area contributed by atoms with Crippen molar-refractivity contribution in [2.45, 2.75) is 109 Å². The van der Waals surface area contributed by atoms with Gasteiger partial charge in [0.15, 0.2) is 0 Å². The van der Waals surface area contributed by atoms with Crippen LogP contribution in [0.3, 0.4) is 0 Å². The maximum atomic E-state index is 14.7. The van der Waals surface area contributed by atoms with E-state index in [0.29, 0.717) is 42.4 Å². The highest BCUT2D eigenvalue weighted by Gasteiger charge is 2.45. The second-order valence-electron chi connectivity index (χ2n) is 15.8. The number of hydrogen-bond acceptors (Lipinski definition) is 7. The first kappa shape index (κ1) is 46.4. The first-order chi connectivity index (χ1) is 28.6. The molecule has 0 spiro atoms. The Bertz CT molecular complexity index is 2010. The minimum absolute atomic E-state index is 0.0197. The molecule has 2 unspecified atom stereocenters. The van der Waals surface area contributed by atoms with Gasteiger partial charge in [-0.1, -0.05) is 80.2 Å². The van der Waals surface area contributed by atoms with Gasteiger partial charge in [0.2, 0.25) is 23.6 Å². The van der Waals surface area contributed by atoms with Gasteiger partial charge in [0, 0.05) is 25.7 Å². The minimum atomic E-state index is -0.975. The number of benzene rings is 3. The van der Waals surface area contributed by atoms with Crippen molar-refractivity contribution in [3.8, 4) is 0 Å². The number of hydrazine groups is 1. The zero-order valence-corrected chi connectivity index (χ0v) is 36.0. The van der Waals surface area contributed by atoms with E-state index in [1.165, 1.54) is 44.1 Å². The van der Waals surface area contributed by atoms with Gasteiger partial charge < -0.3 is 26.2 Å². The van der Waals surface area contributed by atoms with E-state index in [-0.39, 0.29) is 61.4 Å². The topological polar surface area (TPSA) is 154 Å². The standard InChI is InChI=1S/C44H55Cl2F2N7O5/c1-5-7-37-43(59)53(20-19-51(37)41(57)35(49)23-28-9-14-31(47)15-10-28)39(30-13-18-33(45)34(46)25-30)26-40(56)55(27(3)4)54-22-21-52(38(8-6-2)44(54)60)42(58)36(50)24-29-11-16-32(48)17-12-29/h9-18,25,27,35-39H,5-8,19-24,26,49-50H2,1-4H3/t35?,36?,37-,38-,39-/m0/s1. The van der Waals surface area contributed by atoms with Crippen LogP contribution in [-0.2, 0) is 36.8 Å². The summed E-state index contributed by atoms with van der Waals surface area (Å²) in [4.78, 5) is 75.8. The smallest absolute Gasteiger partial charge is 0.264 e. The van der Waals surface area contributed by atoms with Gasteiger partial charge in [-0.15, -0.1) is 0 Å². The first-order valence-corrected chi connectivity index (χ1v) is 21.3. The molecule has 4 N–H and O–H groups in total. The maximum absolute atomic E-state index is 14.7. The lowest BCUT2D eigenvalue weighted by atomic mass is 9.96. The van der Waals surface area contributed by atoms with Crippen molar-refractivity contribution < 1.29 is 32.8 Å². The predicted octanol–water partition coefficient (Wildman–Crippen LogP) is 5.67. The number of nitrogens with two attached hydrogens (primary N) is 2. The third-order valence-electron chi connectivity index (χ3n) is 11.1. The van der Waals surface area contributed by atoms with Gasteiger partial charge in [-0.25, -0.2) is 18.8 Å². The number of hydrogen-bond donors (Lipinski definition) is 2. The molecule has 5 atom stereocenters. The molecule has 0 saturated carbocycles. The molecule has 60 heavy (non-hydrogen) atoms. The Morgan fingerprint density at radius 2 is 1.20 bits per heavy atom. The summed E-state index contributed by atoms with van der Waals surface area (Å²) in [7, 11) is 0. The summed E-state index contributed by atoms with van der Waals surface area (Å²) < 4.78 is 27.1. The van der Waals surface area contributed by atoms with Crippen molar-refractivity contribution in [1.29, 1.82) is 0 Å². The second kappa shape index (κ2) is 20.8. The van der Waals surface area contributed by atoms with Crippen molar-refractivity contribution in [3.05, 3.63) is 105 Å². The number of piperazine rings is 2. The summed E-state index contributed by atoms with van der Waals surface area (Å²) in [6.07, 6.45) is 1.89. The fourth-order valence-corrected chi connectivity index (χ4v) is 8.48. The number of amides is 5. The number of nitrogens with zero attached hydrogens (tertiary/aromatic N) is 5. The van der Waals surface area contributed by atoms with Gasteiger partial charge in [0.05, 0.1) is 41.1 Å². The predicted molar refractivity (Wildman–Crippen MR) is 226 cm³/mol. The highest BCUT2D eigenvalue weighted by atomic mass is 35.5. The van der Waals surface area contributed by atoms with Crippen molar-refractivity contribution >= 4 is 52.7 Å². The number of halogens is 4. The summed E-state index contributed by atoms with van der Waals surface area (Å²) >= 11 is 12.8. The van der Waals surface area contributed by atoms with Gasteiger partial charge >= 0.3 is 0 Å². The molecule has 324 valence electrons. The van der Waals surface area contributed by atoms with Crippen molar-refractivity contribution in [2.75, 3.05) is 26.2 Å². The molecular formula is C44H55Cl2F2N7O5. The number of carbonyl (C=O) groups is 5. The average molecular weight is 871 g/mol. The molecule has 0 bridgehead atoms. The molecule has 3 aromatic rings. The Labute approximate surface area is 360 Å². The molecular weight excluding hydrogens is 815 g/mol. The Morgan fingerprint density at radius 1 is 0.717 bits per heavy atom. The van der Waals surface area contributed by atoms with E-state index in [1.54, 1.807) is 61.2 Å². The monoisotopic (exact) mass is 869 g/mol. The van der Waals surface area contributed by atoms with Crippen LogP contribution in [0.15, 0.2) is 66.7 Å². The molecule has 5 rings (SSSR count). The van der Waals surface area contributed by atoms with Crippen molar-refractivity contribution in [2.24, 2.45) is 11.5 Å². The lowest BCUT2D eigenvalue weighted by molar-refractivity contribution is -0.181. The minimum Gasteiger partial charge on any atom is -0.332 e. The van der Waals surface area contributed by atoms with Gasteiger partial charge in [-0.3, -0.25) is 24.0 Å². The zero-order chi connectivity index (χ0) is 43.8. The van der Waals surface area contributed by atoms with Crippen molar-refractivity contribution in [1.82, 2.24) is 24.7 Å². The molecule has 0 aromatic heterocycles. The summed E-state index contributed by atoms with van der Waals surface area (Å²) in [6.45, 7) is 7.73. The summed E-state index contributed by atoms with van der Waals surface area (Å²) in [6, 6.07) is 11.3. The van der Waals surface area contributed by atoms with Crippen LogP contribution in [0.25, 0.3) is 0 Å². The summed E-state index contributed by atoms with van der Waals surface area (Å²) in [5.74, 6) is -2.88. The summed E-state index contributed by atoms with van der Waals surface area (Å²) in [5.41, 5.74) is 14.7. The maximum Gasteiger partial charge on any atom is 0.264 e. The van der Waals surface area contributed by atoms with Crippen LogP contribution in [-0.4, -0.2) is 111 Å². The van der Waals surface area contributed by atoms with E-state index in [2.05, 4.69) is 0 Å². The molecule has 2 saturated heterocycles. The van der Waals surface area contributed by atoms with Crippen LogP contribution in [0.5, 0.6) is 0 Å². The van der Waals surface area contributed by atoms with Gasteiger partial charge in [-0.2, -0.15) is 0 Å². The third kappa shape index (κ3) is 10.8. The van der Waals surface area contributed by atoms with Gasteiger partial charge in [0.1, 0.15) is 23.7 Å².